The predicted octanol–water partition coefficient (Wildman–Crippen LogP) is 1.20. The van der Waals surface area contributed by atoms with Gasteiger partial charge in [-0.15, -0.1) is 5.10 Å². The Labute approximate surface area is 112 Å². The topological polar surface area (TPSA) is 82.1 Å². The highest BCUT2D eigenvalue weighted by Crippen LogP contribution is 2.31. The first-order valence-electron chi connectivity index (χ1n) is 7.11. The van der Waals surface area contributed by atoms with E-state index in [-0.39, 0.29) is 18.4 Å². The van der Waals surface area contributed by atoms with E-state index in [2.05, 4.69) is 15.2 Å². The molecule has 3 rings (SSSR count). The molecule has 1 aromatic heterocycles. The Hall–Kier alpha value is -1.43. The van der Waals surface area contributed by atoms with Crippen LogP contribution < -0.4 is 4.90 Å². The van der Waals surface area contributed by atoms with Gasteiger partial charge in [0.15, 0.2) is 0 Å². The second-order valence-electron chi connectivity index (χ2n) is 5.61. The van der Waals surface area contributed by atoms with Gasteiger partial charge < -0.3 is 5.11 Å². The normalized spacial score (nSPS) is 25.2. The van der Waals surface area contributed by atoms with Crippen LogP contribution >= 0.6 is 0 Å². The summed E-state index contributed by atoms with van der Waals surface area (Å²) in [5.41, 5.74) is 0. The minimum atomic E-state index is 0.00763. The van der Waals surface area contributed by atoms with Gasteiger partial charge in [0.25, 0.3) is 5.95 Å². The van der Waals surface area contributed by atoms with Gasteiger partial charge in [0, 0.05) is 31.4 Å². The lowest BCUT2D eigenvalue weighted by molar-refractivity contribution is -0.117. The summed E-state index contributed by atoms with van der Waals surface area (Å²) in [5.74, 6) is 1.87. The molecule has 104 valence electrons. The summed E-state index contributed by atoms with van der Waals surface area (Å²) in [6.45, 7) is 0.569. The van der Waals surface area contributed by atoms with E-state index < -0.39 is 0 Å². The molecule has 1 aliphatic carbocycles. The largest absolute Gasteiger partial charge is 0.396 e. The summed E-state index contributed by atoms with van der Waals surface area (Å²) < 4.78 is 0. The number of rotatable bonds is 3. The summed E-state index contributed by atoms with van der Waals surface area (Å²) in [5, 5.41) is 16.3. The van der Waals surface area contributed by atoms with Crippen molar-refractivity contribution in [2.45, 2.75) is 44.4 Å². The van der Waals surface area contributed by atoms with Crippen molar-refractivity contribution < 1.29 is 9.90 Å². The molecule has 1 saturated carbocycles. The number of anilines is 1. The predicted molar refractivity (Wildman–Crippen MR) is 69.8 cm³/mol. The fraction of sp³-hybridized carbons (Fsp3) is 0.769. The van der Waals surface area contributed by atoms with Crippen molar-refractivity contribution >= 4 is 11.9 Å². The van der Waals surface area contributed by atoms with E-state index in [0.29, 0.717) is 24.8 Å². The molecule has 1 unspecified atom stereocenters. The number of hydrogen-bond donors (Lipinski definition) is 2. The zero-order chi connectivity index (χ0) is 13.2. The molecule has 1 saturated heterocycles. The fourth-order valence-corrected chi connectivity index (χ4v) is 3.04. The Bertz CT molecular complexity index is 453. The molecular weight excluding hydrogens is 244 g/mol. The summed E-state index contributed by atoms with van der Waals surface area (Å²) >= 11 is 0. The standard InChI is InChI=1S/C13H20N4O2/c18-8-9-6-11(19)17(7-9)13-14-12(15-16-13)10-4-2-1-3-5-10/h9-10,18H,1-8H2,(H,14,15,16). The molecule has 2 N–H and O–H groups in total. The summed E-state index contributed by atoms with van der Waals surface area (Å²) in [4.78, 5) is 17.9. The van der Waals surface area contributed by atoms with E-state index >= 15 is 0 Å². The minimum Gasteiger partial charge on any atom is -0.396 e. The van der Waals surface area contributed by atoms with Gasteiger partial charge in [-0.25, -0.2) is 0 Å². The molecule has 0 radical (unpaired) electrons. The van der Waals surface area contributed by atoms with Gasteiger partial charge in [0.1, 0.15) is 5.82 Å². The van der Waals surface area contributed by atoms with Crippen molar-refractivity contribution in [2.75, 3.05) is 18.1 Å². The average Bonchev–Trinajstić information content (AvgIpc) is 3.06. The quantitative estimate of drug-likeness (QED) is 0.859. The van der Waals surface area contributed by atoms with Crippen LogP contribution in [0.25, 0.3) is 0 Å². The third-order valence-corrected chi connectivity index (χ3v) is 4.19. The molecule has 6 nitrogen and oxygen atoms in total. The number of nitrogens with zero attached hydrogens (tertiary/aromatic N) is 3. The maximum Gasteiger partial charge on any atom is 0.251 e. The van der Waals surface area contributed by atoms with Crippen LogP contribution in [0.4, 0.5) is 5.95 Å². The van der Waals surface area contributed by atoms with Crippen LogP contribution in [0.15, 0.2) is 0 Å². The van der Waals surface area contributed by atoms with Crippen molar-refractivity contribution in [1.82, 2.24) is 15.2 Å². The SMILES string of the molecule is O=C1CC(CO)CN1c1n[nH]c(C2CCCCC2)n1. The molecule has 1 amide bonds. The molecule has 19 heavy (non-hydrogen) atoms. The van der Waals surface area contributed by atoms with Crippen LogP contribution in [0, 0.1) is 5.92 Å². The Balaban J connectivity index is 1.72. The molecule has 0 bridgehead atoms. The van der Waals surface area contributed by atoms with Crippen molar-refractivity contribution in [1.29, 1.82) is 0 Å². The van der Waals surface area contributed by atoms with Gasteiger partial charge in [-0.05, 0) is 12.8 Å². The van der Waals surface area contributed by atoms with Gasteiger partial charge in [0.2, 0.25) is 5.91 Å². The van der Waals surface area contributed by atoms with Crippen molar-refractivity contribution in [3.8, 4) is 0 Å². The molecule has 6 heteroatoms. The van der Waals surface area contributed by atoms with E-state index in [1.165, 1.54) is 19.3 Å². The second kappa shape index (κ2) is 5.28. The molecule has 2 heterocycles. The number of amides is 1. The second-order valence-corrected chi connectivity index (χ2v) is 5.61. The smallest absolute Gasteiger partial charge is 0.251 e. The summed E-state index contributed by atoms with van der Waals surface area (Å²) in [6, 6.07) is 0. The maximum absolute atomic E-state index is 11.9. The summed E-state index contributed by atoms with van der Waals surface area (Å²) in [6.07, 6.45) is 6.50. The molecule has 1 aromatic rings. The van der Waals surface area contributed by atoms with E-state index in [4.69, 9.17) is 5.11 Å². The molecule has 1 aliphatic heterocycles. The lowest BCUT2D eigenvalue weighted by Gasteiger charge is -2.18. The molecule has 0 spiro atoms. The Morgan fingerprint density at radius 3 is 2.79 bits per heavy atom. The Morgan fingerprint density at radius 1 is 1.32 bits per heavy atom. The van der Waals surface area contributed by atoms with Gasteiger partial charge in [0.05, 0.1) is 0 Å². The number of hydrogen-bond acceptors (Lipinski definition) is 4. The van der Waals surface area contributed by atoms with Gasteiger partial charge >= 0.3 is 0 Å². The number of carbonyl (C=O) groups excluding carboxylic acids is 1. The lowest BCUT2D eigenvalue weighted by atomic mass is 9.89. The molecular formula is C13H20N4O2. The zero-order valence-corrected chi connectivity index (χ0v) is 11.0. The zero-order valence-electron chi connectivity index (χ0n) is 11.0. The van der Waals surface area contributed by atoms with E-state index in [1.54, 1.807) is 4.90 Å². The highest BCUT2D eigenvalue weighted by Gasteiger charge is 2.33. The van der Waals surface area contributed by atoms with Gasteiger partial charge in [-0.3, -0.25) is 14.8 Å². The minimum absolute atomic E-state index is 0.00763. The number of carbonyl (C=O) groups is 1. The van der Waals surface area contributed by atoms with Crippen LogP contribution in [0.1, 0.15) is 50.3 Å². The molecule has 2 aliphatic rings. The first kappa shape index (κ1) is 12.6. The molecule has 0 aromatic carbocycles. The monoisotopic (exact) mass is 264 g/mol. The maximum atomic E-state index is 11.9. The van der Waals surface area contributed by atoms with E-state index in [0.717, 1.165) is 18.7 Å². The Morgan fingerprint density at radius 2 is 2.11 bits per heavy atom. The average molecular weight is 264 g/mol. The number of aromatic amines is 1. The van der Waals surface area contributed by atoms with Gasteiger partial charge in [-0.1, -0.05) is 19.3 Å². The van der Waals surface area contributed by atoms with Crippen LogP contribution in [-0.2, 0) is 4.79 Å². The number of aliphatic hydroxyl groups is 1. The van der Waals surface area contributed by atoms with Crippen LogP contribution in [0.3, 0.4) is 0 Å². The number of nitrogens with one attached hydrogen (secondary N) is 1. The van der Waals surface area contributed by atoms with Gasteiger partial charge in [-0.2, -0.15) is 4.98 Å². The van der Waals surface area contributed by atoms with Crippen molar-refractivity contribution in [3.63, 3.8) is 0 Å². The fourth-order valence-electron chi connectivity index (χ4n) is 3.04. The molecule has 2 fully saturated rings. The lowest BCUT2D eigenvalue weighted by Crippen LogP contribution is -2.26. The van der Waals surface area contributed by atoms with Crippen LogP contribution in [-0.4, -0.2) is 39.3 Å². The number of H-pyrrole nitrogens is 1. The number of aliphatic hydroxyl groups excluding tert-OH is 1. The first-order valence-corrected chi connectivity index (χ1v) is 7.11. The highest BCUT2D eigenvalue weighted by molar-refractivity contribution is 5.94. The van der Waals surface area contributed by atoms with Crippen LogP contribution in [0.2, 0.25) is 0 Å². The molecule has 1 atom stereocenters. The highest BCUT2D eigenvalue weighted by atomic mass is 16.3. The Kier molecular flexibility index (Phi) is 3.50. The summed E-state index contributed by atoms with van der Waals surface area (Å²) in [7, 11) is 0. The van der Waals surface area contributed by atoms with Crippen molar-refractivity contribution in [3.05, 3.63) is 5.82 Å². The van der Waals surface area contributed by atoms with E-state index in [9.17, 15) is 4.79 Å². The third-order valence-electron chi connectivity index (χ3n) is 4.19. The van der Waals surface area contributed by atoms with Crippen molar-refractivity contribution in [2.24, 2.45) is 5.92 Å². The first-order chi connectivity index (χ1) is 9.28. The third kappa shape index (κ3) is 2.49. The number of aromatic nitrogens is 3. The van der Waals surface area contributed by atoms with E-state index in [1.807, 2.05) is 0 Å². The van der Waals surface area contributed by atoms with Crippen LogP contribution in [0.5, 0.6) is 0 Å².